The minimum atomic E-state index is -3.00. The zero-order valence-corrected chi connectivity index (χ0v) is 65.1. The van der Waals surface area contributed by atoms with Gasteiger partial charge in [0.25, 0.3) is 6.43 Å². The van der Waals surface area contributed by atoms with E-state index in [9.17, 15) is 43.9 Å². The largest absolute Gasteiger partial charge is 0.266 e. The third kappa shape index (κ3) is 31.2. The summed E-state index contributed by atoms with van der Waals surface area (Å²) in [5.74, 6) is -4.68. The minimum Gasteiger partial charge on any atom is -0.262 e. The lowest BCUT2D eigenvalue weighted by atomic mass is 9.86. The molecular weight excluding hydrogens is 1270 g/mol. The molecule has 2 nitrogen and oxygen atoms in total. The van der Waals surface area contributed by atoms with E-state index in [1.165, 1.54) is 63.7 Å². The summed E-state index contributed by atoms with van der Waals surface area (Å²) in [4.78, 5) is 8.07. The van der Waals surface area contributed by atoms with Crippen LogP contribution in [0, 0.1) is 88.1 Å². The lowest BCUT2D eigenvalue weighted by Crippen LogP contribution is -2.13. The van der Waals surface area contributed by atoms with Crippen molar-refractivity contribution in [3.05, 3.63) is 269 Å². The SMILES string of the molecule is CC(C)(C)c1cc(F)c(F)c(C(F)F)c1.CC(C)(C)c1ccnc(Cl)c1.Cc1cc(C(C)(C)C)cc(F)c1F.Cc1cc(C(C)(C)C)ccc1F.Cc1cc(C(C)(C)C)ccc1F.Cc1cc(C(C)(C)C)ccc1F.Cc1cc(C(C)(C)C)ccc1F.Cc1cc(C(C)(C)C)ccn1. The Labute approximate surface area is 589 Å². The predicted molar refractivity (Wildman–Crippen MR) is 395 cm³/mol. The molecule has 0 N–H and O–H groups in total. The highest BCUT2D eigenvalue weighted by Gasteiger charge is 2.24. The fraction of sp³-hybridized carbons (Fsp3) is 0.459. The monoisotopic (exact) mass is 1390 g/mol. The molecule has 0 aliphatic carbocycles. The molecule has 0 amide bonds. The van der Waals surface area contributed by atoms with Gasteiger partial charge in [0.1, 0.15) is 28.4 Å². The third-order valence-corrected chi connectivity index (χ3v) is 15.9. The average Bonchev–Trinajstić information content (AvgIpc) is 0.823. The molecule has 0 saturated carbocycles. The zero-order valence-electron chi connectivity index (χ0n) is 64.3. The van der Waals surface area contributed by atoms with Crippen LogP contribution in [0.1, 0.15) is 256 Å². The number of aryl methyl sites for hydroxylation is 6. The Morgan fingerprint density at radius 1 is 0.265 bits per heavy atom. The molecule has 0 fully saturated rings. The first kappa shape index (κ1) is 89.2. The number of hydrogen-bond acceptors (Lipinski definition) is 2. The van der Waals surface area contributed by atoms with Gasteiger partial charge >= 0.3 is 0 Å². The second-order valence-electron chi connectivity index (χ2n) is 33.2. The van der Waals surface area contributed by atoms with Crippen LogP contribution in [-0.4, -0.2) is 9.97 Å². The van der Waals surface area contributed by atoms with Crippen molar-refractivity contribution in [2.45, 2.75) is 257 Å². The number of nitrogens with zero attached hydrogens (tertiary/aromatic N) is 2. The van der Waals surface area contributed by atoms with Crippen LogP contribution in [0.3, 0.4) is 0 Å². The molecule has 2 aromatic heterocycles. The Bertz CT molecular complexity index is 3490. The predicted octanol–water partition coefficient (Wildman–Crippen LogP) is 27.2. The summed E-state index contributed by atoms with van der Waals surface area (Å²) in [5, 5.41) is 0.567. The van der Waals surface area contributed by atoms with E-state index in [1.54, 1.807) is 67.7 Å². The normalized spacial score (nSPS) is 11.8. The maximum absolute atomic E-state index is 13.0. The standard InChI is InChI=1S/C11H12F4.C11H14F2.4C11H15F.C10H15N.C9H12ClN/c1-11(2,3)6-4-7(10(14)15)9(13)8(12)5-6;1-7-5-8(11(2,3)4)6-9(12)10(7)13;4*1-8-7-9(11(2,3)4)5-6-10(8)12;1-8-7-9(5-6-11-8)10(2,3)4;1-9(2,3)7-4-5-11-8(10)6-7/h4-5,10H,1-3H3;5-6H,1-4H3;4*5-7H,1-4H3;5-7H,1-4H3;4-6H,1-3H3. The molecule has 0 unspecified atom stereocenters. The quantitative estimate of drug-likeness (QED) is 0.121. The van der Waals surface area contributed by atoms with Crippen molar-refractivity contribution in [3.8, 4) is 0 Å². The van der Waals surface area contributed by atoms with Crippen LogP contribution < -0.4 is 0 Å². The smallest absolute Gasteiger partial charge is 0.262 e. The van der Waals surface area contributed by atoms with Crippen molar-refractivity contribution in [1.29, 1.82) is 0 Å². The Kier molecular flexibility index (Phi) is 33.2. The highest BCUT2D eigenvalue weighted by atomic mass is 35.5. The number of rotatable bonds is 1. The number of benzene rings is 6. The van der Waals surface area contributed by atoms with Gasteiger partial charge in [-0.2, -0.15) is 0 Å². The molecule has 6 aromatic carbocycles. The zero-order chi connectivity index (χ0) is 76.4. The molecule has 0 radical (unpaired) electrons. The Morgan fingerprint density at radius 2 is 0.510 bits per heavy atom. The Morgan fingerprint density at radius 3 is 0.735 bits per heavy atom. The van der Waals surface area contributed by atoms with Crippen LogP contribution in [0.2, 0.25) is 5.15 Å². The van der Waals surface area contributed by atoms with Crippen molar-refractivity contribution in [3.63, 3.8) is 0 Å². The van der Waals surface area contributed by atoms with Crippen LogP contribution >= 0.6 is 11.6 Å². The summed E-state index contributed by atoms with van der Waals surface area (Å²) < 4.78 is 128. The summed E-state index contributed by atoms with van der Waals surface area (Å²) in [5.41, 5.74) is 12.2. The summed E-state index contributed by atoms with van der Waals surface area (Å²) >= 11 is 5.74. The van der Waals surface area contributed by atoms with E-state index in [2.05, 4.69) is 147 Å². The van der Waals surface area contributed by atoms with Gasteiger partial charge in [-0.15, -0.1) is 0 Å². The summed E-state index contributed by atoms with van der Waals surface area (Å²) in [7, 11) is 0. The molecular formula is C85H113ClF10N2. The van der Waals surface area contributed by atoms with Gasteiger partial charge < -0.3 is 0 Å². The van der Waals surface area contributed by atoms with E-state index in [-0.39, 0.29) is 61.2 Å². The number of alkyl halides is 2. The van der Waals surface area contributed by atoms with E-state index < -0.39 is 40.7 Å². The van der Waals surface area contributed by atoms with Gasteiger partial charge in [-0.05, 0) is 224 Å². The number of halogens is 11. The van der Waals surface area contributed by atoms with Crippen molar-refractivity contribution >= 4 is 11.6 Å². The van der Waals surface area contributed by atoms with E-state index in [4.69, 9.17) is 11.6 Å². The van der Waals surface area contributed by atoms with Crippen molar-refractivity contribution < 1.29 is 43.9 Å². The molecule has 0 aliphatic heterocycles. The molecule has 8 rings (SSSR count). The van der Waals surface area contributed by atoms with Gasteiger partial charge in [0.2, 0.25) is 0 Å². The molecule has 13 heteroatoms. The average molecular weight is 1390 g/mol. The van der Waals surface area contributed by atoms with Gasteiger partial charge in [-0.1, -0.05) is 232 Å². The molecule has 0 atom stereocenters. The summed E-state index contributed by atoms with van der Waals surface area (Å²) in [6.45, 7) is 60.5. The van der Waals surface area contributed by atoms with Gasteiger partial charge in [-0.3, -0.25) is 4.98 Å². The van der Waals surface area contributed by atoms with Crippen molar-refractivity contribution in [2.24, 2.45) is 0 Å². The van der Waals surface area contributed by atoms with Crippen LogP contribution in [0.25, 0.3) is 0 Å². The Balaban J connectivity index is 0.000000561. The first-order chi connectivity index (χ1) is 44.2. The molecule has 540 valence electrons. The van der Waals surface area contributed by atoms with Crippen molar-refractivity contribution in [1.82, 2.24) is 9.97 Å². The van der Waals surface area contributed by atoms with Crippen LogP contribution in [0.4, 0.5) is 43.9 Å². The molecule has 2 heterocycles. The van der Waals surface area contributed by atoms with Crippen LogP contribution in [0.15, 0.2) is 134 Å². The maximum Gasteiger partial charge on any atom is 0.266 e. The number of hydrogen-bond donors (Lipinski definition) is 0. The van der Waals surface area contributed by atoms with E-state index in [0.717, 1.165) is 45.6 Å². The van der Waals surface area contributed by atoms with Gasteiger partial charge in [-0.25, -0.2) is 48.9 Å². The van der Waals surface area contributed by atoms with Crippen LogP contribution in [-0.2, 0) is 43.3 Å². The number of aromatic nitrogens is 2. The molecule has 0 spiro atoms. The van der Waals surface area contributed by atoms with E-state index >= 15 is 0 Å². The van der Waals surface area contributed by atoms with Gasteiger partial charge in [0.05, 0.1) is 5.56 Å². The van der Waals surface area contributed by atoms with E-state index in [1.807, 2.05) is 94.6 Å². The van der Waals surface area contributed by atoms with Crippen LogP contribution in [0.5, 0.6) is 0 Å². The Hall–Kier alpha value is -6.79. The maximum atomic E-state index is 13.0. The molecule has 0 saturated heterocycles. The first-order valence-corrected chi connectivity index (χ1v) is 33.4. The lowest BCUT2D eigenvalue weighted by Gasteiger charge is -2.20. The minimum absolute atomic E-state index is 0.110. The second-order valence-corrected chi connectivity index (χ2v) is 33.5. The lowest BCUT2D eigenvalue weighted by molar-refractivity contribution is 0.145. The number of pyridine rings is 2. The molecule has 0 aliphatic rings. The highest BCUT2D eigenvalue weighted by Crippen LogP contribution is 2.33. The summed E-state index contributed by atoms with van der Waals surface area (Å²) in [6, 6.07) is 34.2. The fourth-order valence-electron chi connectivity index (χ4n) is 8.69. The molecule has 8 aromatic rings. The first-order valence-electron chi connectivity index (χ1n) is 33.0. The van der Waals surface area contributed by atoms with Crippen molar-refractivity contribution in [2.75, 3.05) is 0 Å². The van der Waals surface area contributed by atoms with E-state index in [0.29, 0.717) is 16.3 Å². The van der Waals surface area contributed by atoms with Gasteiger partial charge in [0.15, 0.2) is 23.3 Å². The van der Waals surface area contributed by atoms with Gasteiger partial charge in [0, 0.05) is 18.1 Å². The molecule has 0 bridgehead atoms. The highest BCUT2D eigenvalue weighted by molar-refractivity contribution is 6.29. The fourth-order valence-corrected chi connectivity index (χ4v) is 8.86. The molecule has 98 heavy (non-hydrogen) atoms. The third-order valence-electron chi connectivity index (χ3n) is 15.7. The topological polar surface area (TPSA) is 25.8 Å². The summed E-state index contributed by atoms with van der Waals surface area (Å²) in [6.07, 6.45) is 0.612. The second kappa shape index (κ2) is 36.5.